The molecule has 1 saturated heterocycles. The number of amides is 2. The molecule has 1 saturated carbocycles. The third-order valence-electron chi connectivity index (χ3n) is 4.89. The smallest absolute Gasteiger partial charge is 0.237 e. The topological polar surface area (TPSA) is 70.2 Å². The number of nitrogens with one attached hydrogen (secondary N) is 3. The number of hydrogen-bond donors (Lipinski definition) is 3. The molecule has 1 aliphatic carbocycles. The number of carbonyl (C=O) groups excluding carboxylic acids is 2. The molecule has 5 nitrogen and oxygen atoms in total. The molecule has 0 unspecified atom stereocenters. The Morgan fingerprint density at radius 2 is 1.96 bits per heavy atom. The Balaban J connectivity index is 1.60. The van der Waals surface area contributed by atoms with Gasteiger partial charge in [-0.15, -0.1) is 0 Å². The summed E-state index contributed by atoms with van der Waals surface area (Å²) in [7, 11) is 0. The Bertz CT molecular complexity index is 587. The Hall–Kier alpha value is -1.88. The fourth-order valence-corrected chi connectivity index (χ4v) is 3.61. The van der Waals surface area contributed by atoms with Crippen molar-refractivity contribution in [2.45, 2.75) is 63.6 Å². The highest BCUT2D eigenvalue weighted by Crippen LogP contribution is 2.22. The van der Waals surface area contributed by atoms with Crippen LogP contribution in [0.1, 0.15) is 44.6 Å². The number of piperazine rings is 1. The lowest BCUT2D eigenvalue weighted by atomic mass is 9.87. The fourth-order valence-electron chi connectivity index (χ4n) is 3.61. The van der Waals surface area contributed by atoms with E-state index in [1.807, 2.05) is 24.3 Å². The van der Waals surface area contributed by atoms with E-state index in [0.717, 1.165) is 30.5 Å². The van der Waals surface area contributed by atoms with Crippen molar-refractivity contribution in [2.75, 3.05) is 5.32 Å². The summed E-state index contributed by atoms with van der Waals surface area (Å²) < 4.78 is 0. The van der Waals surface area contributed by atoms with Crippen molar-refractivity contribution < 1.29 is 9.59 Å². The van der Waals surface area contributed by atoms with Crippen LogP contribution in [0.25, 0.3) is 0 Å². The van der Waals surface area contributed by atoms with E-state index in [4.69, 9.17) is 0 Å². The molecule has 2 amide bonds. The molecule has 1 aromatic rings. The SMILES string of the molecule is CCc1ccccc1NC(=O)C[C@H]1N[C@H]2CCCC[C@@H]2NC1=O. The lowest BCUT2D eigenvalue weighted by molar-refractivity contribution is -0.129. The molecule has 0 bridgehead atoms. The first-order valence-electron chi connectivity index (χ1n) is 8.61. The molecule has 124 valence electrons. The van der Waals surface area contributed by atoms with E-state index in [0.29, 0.717) is 6.04 Å². The summed E-state index contributed by atoms with van der Waals surface area (Å²) in [5.74, 6) is -0.167. The van der Waals surface area contributed by atoms with Crippen molar-refractivity contribution in [1.82, 2.24) is 10.6 Å². The molecule has 1 aliphatic heterocycles. The van der Waals surface area contributed by atoms with Crippen LogP contribution in [0, 0.1) is 0 Å². The van der Waals surface area contributed by atoms with E-state index in [1.165, 1.54) is 12.8 Å². The van der Waals surface area contributed by atoms with Gasteiger partial charge < -0.3 is 16.0 Å². The normalized spacial score (nSPS) is 27.0. The maximum absolute atomic E-state index is 12.3. The van der Waals surface area contributed by atoms with Gasteiger partial charge in [-0.05, 0) is 30.9 Å². The Morgan fingerprint density at radius 1 is 1.22 bits per heavy atom. The monoisotopic (exact) mass is 315 g/mol. The first kappa shape index (κ1) is 16.0. The van der Waals surface area contributed by atoms with E-state index in [9.17, 15) is 9.59 Å². The molecule has 3 N–H and O–H groups in total. The number of anilines is 1. The molecule has 3 atom stereocenters. The Labute approximate surface area is 137 Å². The number of carbonyl (C=O) groups is 2. The van der Waals surface area contributed by atoms with Crippen LogP contribution < -0.4 is 16.0 Å². The zero-order valence-electron chi connectivity index (χ0n) is 13.6. The fraction of sp³-hybridized carbons (Fsp3) is 0.556. The Kier molecular flexibility index (Phi) is 4.96. The highest BCUT2D eigenvalue weighted by molar-refractivity contribution is 5.96. The van der Waals surface area contributed by atoms with Crippen molar-refractivity contribution in [3.05, 3.63) is 29.8 Å². The lowest BCUT2D eigenvalue weighted by Gasteiger charge is -2.40. The predicted octanol–water partition coefficient (Wildman–Crippen LogP) is 1.98. The van der Waals surface area contributed by atoms with Crippen molar-refractivity contribution in [1.29, 1.82) is 0 Å². The molecule has 2 fully saturated rings. The highest BCUT2D eigenvalue weighted by atomic mass is 16.2. The molecular formula is C18H25N3O2. The number of hydrogen-bond acceptors (Lipinski definition) is 3. The lowest BCUT2D eigenvalue weighted by Crippen LogP contribution is -2.65. The highest BCUT2D eigenvalue weighted by Gasteiger charge is 2.36. The van der Waals surface area contributed by atoms with E-state index in [1.54, 1.807) is 0 Å². The summed E-state index contributed by atoms with van der Waals surface area (Å²) in [5, 5.41) is 9.40. The molecule has 0 aromatic heterocycles. The summed E-state index contributed by atoms with van der Waals surface area (Å²) in [4.78, 5) is 24.5. The minimum atomic E-state index is -0.428. The maximum Gasteiger partial charge on any atom is 0.237 e. The third kappa shape index (κ3) is 3.72. The van der Waals surface area contributed by atoms with Crippen molar-refractivity contribution in [3.8, 4) is 0 Å². The van der Waals surface area contributed by atoms with Crippen LogP contribution in [-0.4, -0.2) is 29.9 Å². The third-order valence-corrected chi connectivity index (χ3v) is 4.89. The van der Waals surface area contributed by atoms with Gasteiger partial charge >= 0.3 is 0 Å². The number of aryl methyl sites for hydroxylation is 1. The summed E-state index contributed by atoms with van der Waals surface area (Å²) in [6.45, 7) is 2.06. The summed E-state index contributed by atoms with van der Waals surface area (Å²) in [6.07, 6.45) is 5.50. The second kappa shape index (κ2) is 7.13. The van der Waals surface area contributed by atoms with E-state index in [-0.39, 0.29) is 24.3 Å². The van der Waals surface area contributed by atoms with Gasteiger partial charge in [0, 0.05) is 17.8 Å². The summed E-state index contributed by atoms with van der Waals surface area (Å²) in [6, 6.07) is 7.90. The van der Waals surface area contributed by atoms with Crippen molar-refractivity contribution in [2.24, 2.45) is 0 Å². The molecule has 3 rings (SSSR count). The van der Waals surface area contributed by atoms with Crippen LogP contribution in [0.15, 0.2) is 24.3 Å². The predicted molar refractivity (Wildman–Crippen MR) is 90.2 cm³/mol. The number of fused-ring (bicyclic) bond motifs is 1. The van der Waals surface area contributed by atoms with Gasteiger partial charge in [-0.2, -0.15) is 0 Å². The van der Waals surface area contributed by atoms with Crippen LogP contribution in [0.3, 0.4) is 0 Å². The van der Waals surface area contributed by atoms with E-state index >= 15 is 0 Å². The molecule has 0 radical (unpaired) electrons. The minimum absolute atomic E-state index is 0.0490. The van der Waals surface area contributed by atoms with E-state index < -0.39 is 6.04 Å². The minimum Gasteiger partial charge on any atom is -0.350 e. The Morgan fingerprint density at radius 3 is 2.74 bits per heavy atom. The van der Waals surface area contributed by atoms with Crippen LogP contribution in [0.4, 0.5) is 5.69 Å². The molecule has 2 aliphatic rings. The van der Waals surface area contributed by atoms with Gasteiger partial charge in [0.25, 0.3) is 0 Å². The zero-order chi connectivity index (χ0) is 16.2. The zero-order valence-corrected chi connectivity index (χ0v) is 13.6. The summed E-state index contributed by atoms with van der Waals surface area (Å²) >= 11 is 0. The maximum atomic E-state index is 12.3. The largest absolute Gasteiger partial charge is 0.350 e. The van der Waals surface area contributed by atoms with Gasteiger partial charge in [-0.3, -0.25) is 9.59 Å². The van der Waals surface area contributed by atoms with Gasteiger partial charge in [0.05, 0.1) is 12.5 Å². The second-order valence-corrected chi connectivity index (χ2v) is 6.49. The van der Waals surface area contributed by atoms with Gasteiger partial charge in [0.15, 0.2) is 0 Å². The van der Waals surface area contributed by atoms with Crippen LogP contribution in [-0.2, 0) is 16.0 Å². The quantitative estimate of drug-likeness (QED) is 0.795. The molecule has 1 heterocycles. The van der Waals surface area contributed by atoms with Gasteiger partial charge in [-0.25, -0.2) is 0 Å². The number of para-hydroxylation sites is 1. The number of rotatable bonds is 4. The van der Waals surface area contributed by atoms with Crippen molar-refractivity contribution in [3.63, 3.8) is 0 Å². The van der Waals surface area contributed by atoms with Crippen LogP contribution >= 0.6 is 0 Å². The first-order chi connectivity index (χ1) is 11.2. The van der Waals surface area contributed by atoms with Gasteiger partial charge in [-0.1, -0.05) is 38.0 Å². The van der Waals surface area contributed by atoms with Crippen molar-refractivity contribution >= 4 is 17.5 Å². The average molecular weight is 315 g/mol. The average Bonchev–Trinajstić information content (AvgIpc) is 2.56. The van der Waals surface area contributed by atoms with Crippen LogP contribution in [0.5, 0.6) is 0 Å². The summed E-state index contributed by atoms with van der Waals surface area (Å²) in [5.41, 5.74) is 1.95. The molecule has 1 aromatic carbocycles. The van der Waals surface area contributed by atoms with Gasteiger partial charge in [0.2, 0.25) is 11.8 Å². The standard InChI is InChI=1S/C18H25N3O2/c1-2-12-7-3-4-8-13(12)20-17(22)11-16-18(23)21-15-10-6-5-9-14(15)19-16/h3-4,7-8,14-16,19H,2,5-6,9-11H2,1H3,(H,20,22)(H,21,23)/t14-,15-,16+/m0/s1. The molecule has 0 spiro atoms. The first-order valence-corrected chi connectivity index (χ1v) is 8.61. The molecule has 5 heteroatoms. The van der Waals surface area contributed by atoms with Crippen LogP contribution in [0.2, 0.25) is 0 Å². The molecular weight excluding hydrogens is 290 g/mol. The molecule has 23 heavy (non-hydrogen) atoms. The van der Waals surface area contributed by atoms with E-state index in [2.05, 4.69) is 22.9 Å². The second-order valence-electron chi connectivity index (χ2n) is 6.49. The number of benzene rings is 1. The van der Waals surface area contributed by atoms with Gasteiger partial charge in [0.1, 0.15) is 0 Å².